The number of para-hydroxylation sites is 1. The number of ether oxygens (including phenoxy) is 1. The third kappa shape index (κ3) is 3.49. The molecule has 120 valence electrons. The summed E-state index contributed by atoms with van der Waals surface area (Å²) >= 11 is 8.81. The number of aromatic hydroxyl groups is 1. The molecular formula is C17H11ClN2O2S2. The fraction of sp³-hybridized carbons (Fsp3) is 0.0588. The highest BCUT2D eigenvalue weighted by Crippen LogP contribution is 2.38. The molecule has 0 atom stereocenters. The van der Waals surface area contributed by atoms with E-state index in [1.165, 1.54) is 30.2 Å². The number of hydrogen-bond acceptors (Lipinski definition) is 6. The first-order chi connectivity index (χ1) is 11.6. The molecule has 0 radical (unpaired) electrons. The van der Waals surface area contributed by atoms with Crippen LogP contribution in [0.3, 0.4) is 0 Å². The second-order valence-corrected chi connectivity index (χ2v) is 7.45. The molecular weight excluding hydrogens is 364 g/mol. The number of benzene rings is 2. The van der Waals surface area contributed by atoms with Gasteiger partial charge < -0.3 is 9.84 Å². The Morgan fingerprint density at radius 2 is 2.21 bits per heavy atom. The topological polar surface area (TPSA) is 66.1 Å². The molecule has 0 saturated heterocycles. The molecule has 24 heavy (non-hydrogen) atoms. The zero-order valence-electron chi connectivity index (χ0n) is 12.5. The van der Waals surface area contributed by atoms with Gasteiger partial charge in [-0.05, 0) is 47.7 Å². The lowest BCUT2D eigenvalue weighted by Crippen LogP contribution is -1.86. The highest BCUT2D eigenvalue weighted by atomic mass is 35.5. The molecule has 0 saturated carbocycles. The van der Waals surface area contributed by atoms with Gasteiger partial charge in [0.25, 0.3) is 0 Å². The lowest BCUT2D eigenvalue weighted by atomic mass is 10.2. The molecule has 2 aromatic carbocycles. The van der Waals surface area contributed by atoms with Crippen LogP contribution in [0, 0.1) is 11.3 Å². The maximum Gasteiger partial charge on any atom is 0.176 e. The van der Waals surface area contributed by atoms with Crippen LogP contribution >= 0.6 is 34.7 Å². The SMILES string of the molecule is COc1cc(/C=C(/C#N)Sc2nc3ccccc3s2)cc(Cl)c1O. The lowest BCUT2D eigenvalue weighted by Gasteiger charge is -2.06. The van der Waals surface area contributed by atoms with E-state index in [1.54, 1.807) is 18.2 Å². The standard InChI is InChI=1S/C17H11ClN2O2S2/c1-22-14-8-10(7-12(18)16(14)21)6-11(9-19)23-17-20-13-4-2-3-5-15(13)24-17/h2-8,21H,1H3/b11-6-. The predicted octanol–water partition coefficient (Wildman–Crippen LogP) is 5.32. The van der Waals surface area contributed by atoms with Gasteiger partial charge in [0.15, 0.2) is 15.8 Å². The van der Waals surface area contributed by atoms with Gasteiger partial charge in [0, 0.05) is 0 Å². The van der Waals surface area contributed by atoms with Gasteiger partial charge >= 0.3 is 0 Å². The zero-order chi connectivity index (χ0) is 17.1. The van der Waals surface area contributed by atoms with Crippen molar-refractivity contribution < 1.29 is 9.84 Å². The molecule has 0 fully saturated rings. The van der Waals surface area contributed by atoms with Crippen LogP contribution in [0.4, 0.5) is 0 Å². The Hall–Kier alpha value is -2.20. The average Bonchev–Trinajstić information content (AvgIpc) is 2.99. The lowest BCUT2D eigenvalue weighted by molar-refractivity contribution is 0.373. The van der Waals surface area contributed by atoms with E-state index in [0.717, 1.165) is 14.6 Å². The Morgan fingerprint density at radius 1 is 1.42 bits per heavy atom. The summed E-state index contributed by atoms with van der Waals surface area (Å²) < 4.78 is 6.94. The van der Waals surface area contributed by atoms with E-state index in [4.69, 9.17) is 16.3 Å². The van der Waals surface area contributed by atoms with Gasteiger partial charge in [-0.2, -0.15) is 5.26 Å². The summed E-state index contributed by atoms with van der Waals surface area (Å²) in [6.07, 6.45) is 1.69. The Morgan fingerprint density at radius 3 is 2.92 bits per heavy atom. The summed E-state index contributed by atoms with van der Waals surface area (Å²) in [6.45, 7) is 0. The molecule has 3 rings (SSSR count). The highest BCUT2D eigenvalue weighted by molar-refractivity contribution is 8.05. The van der Waals surface area contributed by atoms with Crippen LogP contribution in [-0.4, -0.2) is 17.2 Å². The number of hydrogen-bond donors (Lipinski definition) is 1. The number of nitrogens with zero attached hydrogens (tertiary/aromatic N) is 2. The van der Waals surface area contributed by atoms with E-state index in [2.05, 4.69) is 11.1 Å². The Kier molecular flexibility index (Phi) is 4.95. The molecule has 3 aromatic rings. The largest absolute Gasteiger partial charge is 0.503 e. The molecule has 0 aliphatic rings. The van der Waals surface area contributed by atoms with Crippen LogP contribution in [0.2, 0.25) is 5.02 Å². The quantitative estimate of drug-likeness (QED) is 0.494. The van der Waals surface area contributed by atoms with E-state index >= 15 is 0 Å². The van der Waals surface area contributed by atoms with Crippen molar-refractivity contribution in [2.75, 3.05) is 7.11 Å². The van der Waals surface area contributed by atoms with Crippen LogP contribution < -0.4 is 4.74 Å². The van der Waals surface area contributed by atoms with E-state index in [9.17, 15) is 10.4 Å². The van der Waals surface area contributed by atoms with Crippen LogP contribution in [0.1, 0.15) is 5.56 Å². The van der Waals surface area contributed by atoms with Gasteiger partial charge in [-0.15, -0.1) is 11.3 Å². The van der Waals surface area contributed by atoms with E-state index in [-0.39, 0.29) is 16.5 Å². The number of thioether (sulfide) groups is 1. The van der Waals surface area contributed by atoms with Crippen molar-refractivity contribution in [3.63, 3.8) is 0 Å². The molecule has 0 unspecified atom stereocenters. The fourth-order valence-corrected chi connectivity index (χ4v) is 4.25. The second kappa shape index (κ2) is 7.14. The van der Waals surface area contributed by atoms with Crippen LogP contribution in [0.5, 0.6) is 11.5 Å². The molecule has 0 aliphatic carbocycles. The minimum absolute atomic E-state index is 0.117. The Bertz CT molecular complexity index is 943. The maximum absolute atomic E-state index is 9.77. The number of rotatable bonds is 4. The smallest absolute Gasteiger partial charge is 0.176 e. The molecule has 0 amide bonds. The summed E-state index contributed by atoms with van der Waals surface area (Å²) in [5.41, 5.74) is 1.58. The third-order valence-corrected chi connectivity index (χ3v) is 5.46. The normalized spacial score (nSPS) is 11.5. The van der Waals surface area contributed by atoms with Crippen molar-refractivity contribution in [1.29, 1.82) is 5.26 Å². The Balaban J connectivity index is 1.92. The second-order valence-electron chi connectivity index (χ2n) is 4.72. The summed E-state index contributed by atoms with van der Waals surface area (Å²) in [5.74, 6) is 0.143. The van der Waals surface area contributed by atoms with Gasteiger partial charge in [0.1, 0.15) is 6.07 Å². The van der Waals surface area contributed by atoms with Crippen LogP contribution in [0.15, 0.2) is 45.6 Å². The number of methoxy groups -OCH3 is 1. The number of phenolic OH excluding ortho intramolecular Hbond substituents is 1. The van der Waals surface area contributed by atoms with Crippen molar-refractivity contribution in [3.05, 3.63) is 51.9 Å². The number of fused-ring (bicyclic) bond motifs is 1. The minimum atomic E-state index is -0.117. The van der Waals surface area contributed by atoms with Gasteiger partial charge in [0.2, 0.25) is 0 Å². The third-order valence-electron chi connectivity index (χ3n) is 3.15. The number of phenols is 1. The molecule has 0 spiro atoms. The molecule has 0 aliphatic heterocycles. The summed E-state index contributed by atoms with van der Waals surface area (Å²) in [5, 5.41) is 19.3. The summed E-state index contributed by atoms with van der Waals surface area (Å²) in [7, 11) is 1.44. The van der Waals surface area contributed by atoms with Gasteiger partial charge in [0.05, 0.1) is 27.3 Å². The van der Waals surface area contributed by atoms with Crippen molar-refractivity contribution in [2.45, 2.75) is 4.34 Å². The minimum Gasteiger partial charge on any atom is -0.503 e. The molecule has 1 N–H and O–H groups in total. The number of nitriles is 1. The monoisotopic (exact) mass is 374 g/mol. The van der Waals surface area contributed by atoms with Gasteiger partial charge in [-0.1, -0.05) is 23.7 Å². The molecule has 7 heteroatoms. The first-order valence-electron chi connectivity index (χ1n) is 6.82. The van der Waals surface area contributed by atoms with Gasteiger partial charge in [-0.25, -0.2) is 4.98 Å². The molecule has 1 heterocycles. The van der Waals surface area contributed by atoms with E-state index < -0.39 is 0 Å². The Labute approximate surface area is 152 Å². The number of thiazole rings is 1. The number of aromatic nitrogens is 1. The first-order valence-corrected chi connectivity index (χ1v) is 8.83. The number of allylic oxidation sites excluding steroid dienone is 1. The van der Waals surface area contributed by atoms with E-state index in [0.29, 0.717) is 10.5 Å². The van der Waals surface area contributed by atoms with Crippen molar-refractivity contribution in [1.82, 2.24) is 4.98 Å². The fourth-order valence-electron chi connectivity index (χ4n) is 2.06. The zero-order valence-corrected chi connectivity index (χ0v) is 14.9. The van der Waals surface area contributed by atoms with Crippen molar-refractivity contribution in [2.24, 2.45) is 0 Å². The first kappa shape index (κ1) is 16.7. The van der Waals surface area contributed by atoms with Crippen molar-refractivity contribution >= 4 is 51.0 Å². The van der Waals surface area contributed by atoms with E-state index in [1.807, 2.05) is 24.3 Å². The maximum atomic E-state index is 9.77. The van der Waals surface area contributed by atoms with Crippen LogP contribution in [0.25, 0.3) is 16.3 Å². The summed E-state index contributed by atoms with van der Waals surface area (Å²) in [4.78, 5) is 4.98. The average molecular weight is 375 g/mol. The van der Waals surface area contributed by atoms with Crippen LogP contribution in [-0.2, 0) is 0 Å². The predicted molar refractivity (Wildman–Crippen MR) is 98.7 cm³/mol. The van der Waals surface area contributed by atoms with Gasteiger partial charge in [-0.3, -0.25) is 0 Å². The molecule has 1 aromatic heterocycles. The molecule has 0 bridgehead atoms. The van der Waals surface area contributed by atoms with Crippen molar-refractivity contribution in [3.8, 4) is 17.6 Å². The molecule has 4 nitrogen and oxygen atoms in total. The summed E-state index contributed by atoms with van der Waals surface area (Å²) in [6, 6.07) is 13.2. The number of halogens is 1. The highest BCUT2D eigenvalue weighted by Gasteiger charge is 2.10.